The first-order valence-electron chi connectivity index (χ1n) is 5.20. The van der Waals surface area contributed by atoms with E-state index in [-0.39, 0.29) is 5.78 Å². The summed E-state index contributed by atoms with van der Waals surface area (Å²) in [6.07, 6.45) is 0.718. The molecule has 1 amide bonds. The minimum Gasteiger partial charge on any atom is -0.318 e. The Morgan fingerprint density at radius 2 is 1.89 bits per heavy atom. The van der Waals surface area contributed by atoms with E-state index in [1.165, 1.54) is 16.2 Å². The van der Waals surface area contributed by atoms with Crippen molar-refractivity contribution in [3.63, 3.8) is 0 Å². The third-order valence-electron chi connectivity index (χ3n) is 2.49. The molecule has 0 atom stereocenters. The molecule has 1 heterocycles. The second kappa shape index (κ2) is 5.33. The van der Waals surface area contributed by atoms with Crippen molar-refractivity contribution in [1.82, 2.24) is 0 Å². The van der Waals surface area contributed by atoms with E-state index < -0.39 is 0 Å². The molecule has 0 aliphatic carbocycles. The van der Waals surface area contributed by atoms with Crippen LogP contribution in [0.5, 0.6) is 0 Å². The van der Waals surface area contributed by atoms with Crippen molar-refractivity contribution in [1.29, 1.82) is 0 Å². The Bertz CT molecular complexity index is 577. The lowest BCUT2D eigenvalue weighted by Crippen LogP contribution is -2.13. The van der Waals surface area contributed by atoms with Gasteiger partial charge in [-0.15, -0.1) is 11.3 Å². The molecule has 0 N–H and O–H groups in total. The van der Waals surface area contributed by atoms with Gasteiger partial charge in [0, 0.05) is 18.3 Å². The molecule has 3 nitrogen and oxygen atoms in total. The van der Waals surface area contributed by atoms with E-state index in [1.807, 2.05) is 0 Å². The molecule has 1 aromatic carbocycles. The molecule has 0 aliphatic rings. The number of carbonyl (C=O) groups is 2. The van der Waals surface area contributed by atoms with E-state index >= 15 is 0 Å². The van der Waals surface area contributed by atoms with Crippen LogP contribution in [0.25, 0.3) is 0 Å². The molecule has 0 saturated heterocycles. The summed E-state index contributed by atoms with van der Waals surface area (Å²) in [6.45, 7) is 0. The average molecular weight is 280 g/mol. The molecule has 0 fully saturated rings. The first-order chi connectivity index (χ1) is 8.61. The number of thiophene rings is 1. The number of benzene rings is 1. The van der Waals surface area contributed by atoms with Gasteiger partial charge in [0.25, 0.3) is 0 Å². The smallest absolute Gasteiger partial charge is 0.213 e. The van der Waals surface area contributed by atoms with Crippen LogP contribution in [0.2, 0.25) is 4.34 Å². The number of amides is 1. The van der Waals surface area contributed by atoms with E-state index in [0.717, 1.165) is 12.1 Å². The maximum Gasteiger partial charge on any atom is 0.213 e. The van der Waals surface area contributed by atoms with Crippen molar-refractivity contribution in [2.75, 3.05) is 11.9 Å². The Morgan fingerprint density at radius 3 is 2.39 bits per heavy atom. The summed E-state index contributed by atoms with van der Waals surface area (Å²) in [6, 6.07) is 10.3. The van der Waals surface area contributed by atoms with Crippen LogP contribution in [-0.4, -0.2) is 19.2 Å². The second-order valence-corrected chi connectivity index (χ2v) is 5.41. The summed E-state index contributed by atoms with van der Waals surface area (Å²) in [4.78, 5) is 24.7. The number of anilines is 1. The van der Waals surface area contributed by atoms with Crippen molar-refractivity contribution in [3.8, 4) is 0 Å². The fourth-order valence-electron chi connectivity index (χ4n) is 1.49. The maximum atomic E-state index is 12.1. The van der Waals surface area contributed by atoms with Gasteiger partial charge in [-0.3, -0.25) is 9.59 Å². The predicted molar refractivity (Wildman–Crippen MR) is 73.7 cm³/mol. The molecule has 0 radical (unpaired) electrons. The van der Waals surface area contributed by atoms with Crippen molar-refractivity contribution in [2.45, 2.75) is 0 Å². The van der Waals surface area contributed by atoms with Gasteiger partial charge in [0.05, 0.1) is 9.21 Å². The highest BCUT2D eigenvalue weighted by atomic mass is 35.5. The second-order valence-electron chi connectivity index (χ2n) is 3.70. The first-order valence-corrected chi connectivity index (χ1v) is 6.39. The quantitative estimate of drug-likeness (QED) is 0.636. The van der Waals surface area contributed by atoms with Crippen LogP contribution in [-0.2, 0) is 4.79 Å². The zero-order chi connectivity index (χ0) is 13.1. The van der Waals surface area contributed by atoms with Crippen molar-refractivity contribution in [3.05, 3.63) is 51.2 Å². The van der Waals surface area contributed by atoms with Gasteiger partial charge in [-0.1, -0.05) is 11.6 Å². The minimum absolute atomic E-state index is 0.0628. The topological polar surface area (TPSA) is 37.4 Å². The number of halogens is 1. The molecule has 18 heavy (non-hydrogen) atoms. The molecule has 5 heteroatoms. The third kappa shape index (κ3) is 2.60. The summed E-state index contributed by atoms with van der Waals surface area (Å²) in [5.41, 5.74) is 1.32. The van der Waals surface area contributed by atoms with Crippen LogP contribution in [0.15, 0.2) is 36.4 Å². The number of hydrogen-bond acceptors (Lipinski definition) is 3. The first kappa shape index (κ1) is 12.8. The number of carbonyl (C=O) groups excluding carboxylic acids is 2. The zero-order valence-corrected chi connectivity index (χ0v) is 11.2. The van der Waals surface area contributed by atoms with Crippen LogP contribution < -0.4 is 4.90 Å². The molecule has 0 saturated carbocycles. The molecular formula is C13H10ClNO2S. The average Bonchev–Trinajstić information content (AvgIpc) is 2.84. The maximum absolute atomic E-state index is 12.1. The van der Waals surface area contributed by atoms with Gasteiger partial charge in [-0.2, -0.15) is 0 Å². The summed E-state index contributed by atoms with van der Waals surface area (Å²) in [5, 5.41) is 0. The van der Waals surface area contributed by atoms with E-state index in [1.54, 1.807) is 43.4 Å². The summed E-state index contributed by atoms with van der Waals surface area (Å²) in [7, 11) is 1.66. The van der Waals surface area contributed by atoms with E-state index in [2.05, 4.69) is 0 Å². The summed E-state index contributed by atoms with van der Waals surface area (Å²) >= 11 is 7.05. The number of ketones is 1. The van der Waals surface area contributed by atoms with Gasteiger partial charge in [-0.05, 0) is 36.4 Å². The normalized spacial score (nSPS) is 10.1. The van der Waals surface area contributed by atoms with Crippen LogP contribution in [0.3, 0.4) is 0 Å². The van der Waals surface area contributed by atoms with Crippen molar-refractivity contribution < 1.29 is 9.59 Å². The molecule has 0 unspecified atom stereocenters. The van der Waals surface area contributed by atoms with Crippen LogP contribution in [0.1, 0.15) is 15.2 Å². The Hall–Kier alpha value is -1.65. The van der Waals surface area contributed by atoms with Crippen LogP contribution in [0.4, 0.5) is 5.69 Å². The SMILES string of the molecule is CN(C=O)c1ccc(C(=O)c2ccc(Cl)s2)cc1. The standard InChI is InChI=1S/C13H10ClNO2S/c1-15(8-16)10-4-2-9(3-5-10)13(17)11-6-7-12(14)18-11/h2-8H,1H3. The van der Waals surface area contributed by atoms with E-state index in [4.69, 9.17) is 11.6 Å². The molecule has 92 valence electrons. The Kier molecular flexibility index (Phi) is 3.79. The molecule has 1 aromatic heterocycles. The highest BCUT2D eigenvalue weighted by Crippen LogP contribution is 2.24. The van der Waals surface area contributed by atoms with E-state index in [0.29, 0.717) is 14.8 Å². The zero-order valence-electron chi connectivity index (χ0n) is 9.59. The lowest BCUT2D eigenvalue weighted by Gasteiger charge is -2.10. The number of hydrogen-bond donors (Lipinski definition) is 0. The molecule has 0 bridgehead atoms. The fourth-order valence-corrected chi connectivity index (χ4v) is 2.49. The Morgan fingerprint density at radius 1 is 1.22 bits per heavy atom. The van der Waals surface area contributed by atoms with Gasteiger partial charge in [0.15, 0.2) is 0 Å². The van der Waals surface area contributed by atoms with Crippen molar-refractivity contribution in [2.24, 2.45) is 0 Å². The van der Waals surface area contributed by atoms with Gasteiger partial charge < -0.3 is 4.90 Å². The molecule has 2 aromatic rings. The van der Waals surface area contributed by atoms with Crippen LogP contribution >= 0.6 is 22.9 Å². The fraction of sp³-hybridized carbons (Fsp3) is 0.0769. The third-order valence-corrected chi connectivity index (χ3v) is 3.72. The lowest BCUT2D eigenvalue weighted by molar-refractivity contribution is -0.107. The Balaban J connectivity index is 2.24. The highest BCUT2D eigenvalue weighted by Gasteiger charge is 2.11. The number of nitrogens with zero attached hydrogens (tertiary/aromatic N) is 1. The molecular weight excluding hydrogens is 270 g/mol. The lowest BCUT2D eigenvalue weighted by atomic mass is 10.1. The minimum atomic E-state index is -0.0628. The monoisotopic (exact) mass is 279 g/mol. The summed E-state index contributed by atoms with van der Waals surface area (Å²) in [5.74, 6) is -0.0628. The predicted octanol–water partition coefficient (Wildman–Crippen LogP) is 3.23. The molecule has 0 spiro atoms. The van der Waals surface area contributed by atoms with Crippen LogP contribution in [0, 0.1) is 0 Å². The van der Waals surface area contributed by atoms with Crippen molar-refractivity contribution >= 4 is 40.8 Å². The molecule has 2 rings (SSSR count). The van der Waals surface area contributed by atoms with Gasteiger partial charge in [0.2, 0.25) is 12.2 Å². The van der Waals surface area contributed by atoms with Gasteiger partial charge >= 0.3 is 0 Å². The summed E-state index contributed by atoms with van der Waals surface area (Å²) < 4.78 is 0.593. The van der Waals surface area contributed by atoms with Gasteiger partial charge in [0.1, 0.15) is 0 Å². The molecule has 0 aliphatic heterocycles. The van der Waals surface area contributed by atoms with Gasteiger partial charge in [-0.25, -0.2) is 0 Å². The number of rotatable bonds is 4. The highest BCUT2D eigenvalue weighted by molar-refractivity contribution is 7.18. The van der Waals surface area contributed by atoms with E-state index in [9.17, 15) is 9.59 Å². The Labute approximate surface area is 114 Å². The largest absolute Gasteiger partial charge is 0.318 e.